The first kappa shape index (κ1) is 19.1. The summed E-state index contributed by atoms with van der Waals surface area (Å²) in [6, 6.07) is 22.3. The molecular weight excluding hydrogens is 456 g/mol. The van der Waals surface area contributed by atoms with Crippen LogP contribution in [0, 0.1) is 0 Å². The third kappa shape index (κ3) is 3.93. The summed E-state index contributed by atoms with van der Waals surface area (Å²) in [4.78, 5) is 16.6. The maximum atomic E-state index is 12.5. The van der Waals surface area contributed by atoms with Crippen LogP contribution < -0.4 is 5.32 Å². The largest absolute Gasteiger partial charge is 0.322 e. The Bertz CT molecular complexity index is 1380. The van der Waals surface area contributed by atoms with Crippen LogP contribution in [-0.4, -0.2) is 30.7 Å². The number of pyridine rings is 1. The van der Waals surface area contributed by atoms with Gasteiger partial charge in [0.25, 0.3) is 5.91 Å². The summed E-state index contributed by atoms with van der Waals surface area (Å²) in [5, 5.41) is 16.1. The van der Waals surface area contributed by atoms with Gasteiger partial charge < -0.3 is 5.32 Å². The van der Waals surface area contributed by atoms with Crippen LogP contribution >= 0.6 is 15.9 Å². The number of rotatable bonds is 4. The molecule has 1 N–H and O–H groups in total. The van der Waals surface area contributed by atoms with E-state index < -0.39 is 0 Å². The average molecular weight is 471 g/mol. The number of carbonyl (C=O) groups is 1. The number of benzene rings is 2. The highest BCUT2D eigenvalue weighted by atomic mass is 79.9. The molecule has 5 aromatic rings. The van der Waals surface area contributed by atoms with Gasteiger partial charge in [-0.2, -0.15) is 9.61 Å². The Balaban J connectivity index is 1.46. The molecule has 3 aromatic heterocycles. The zero-order valence-electron chi connectivity index (χ0n) is 16.1. The topological polar surface area (TPSA) is 85.1 Å². The van der Waals surface area contributed by atoms with E-state index in [1.807, 2.05) is 60.7 Å². The summed E-state index contributed by atoms with van der Waals surface area (Å²) in [5.41, 5.74) is 4.40. The minimum Gasteiger partial charge on any atom is -0.322 e. The molecule has 8 heteroatoms. The van der Waals surface area contributed by atoms with Gasteiger partial charge in [-0.1, -0.05) is 28.1 Å². The van der Waals surface area contributed by atoms with Crippen molar-refractivity contribution in [3.05, 3.63) is 95.2 Å². The number of aromatic nitrogens is 5. The van der Waals surface area contributed by atoms with Gasteiger partial charge in [0.15, 0.2) is 11.5 Å². The molecule has 0 unspecified atom stereocenters. The van der Waals surface area contributed by atoms with Gasteiger partial charge in [0.1, 0.15) is 0 Å². The molecule has 0 bridgehead atoms. The maximum absolute atomic E-state index is 12.5. The summed E-state index contributed by atoms with van der Waals surface area (Å²) in [6.45, 7) is 0. The van der Waals surface area contributed by atoms with E-state index in [9.17, 15) is 4.79 Å². The van der Waals surface area contributed by atoms with Crippen molar-refractivity contribution < 1.29 is 4.79 Å². The number of hydrogen-bond acceptors (Lipinski definition) is 5. The molecular formula is C23H15BrN6O. The highest BCUT2D eigenvalue weighted by Gasteiger charge is 2.12. The summed E-state index contributed by atoms with van der Waals surface area (Å²) < 4.78 is 2.63. The zero-order valence-corrected chi connectivity index (χ0v) is 17.7. The second kappa shape index (κ2) is 8.08. The average Bonchev–Trinajstić information content (AvgIpc) is 3.23. The monoisotopic (exact) mass is 470 g/mol. The fourth-order valence-corrected chi connectivity index (χ4v) is 3.45. The smallest absolute Gasteiger partial charge is 0.255 e. The number of anilines is 1. The predicted octanol–water partition coefficient (Wildman–Crippen LogP) is 4.87. The number of halogens is 1. The highest BCUT2D eigenvalue weighted by molar-refractivity contribution is 9.10. The van der Waals surface area contributed by atoms with Gasteiger partial charge in [0.2, 0.25) is 0 Å². The summed E-state index contributed by atoms with van der Waals surface area (Å²) >= 11 is 3.38. The number of hydrogen-bond donors (Lipinski definition) is 1. The second-order valence-electron chi connectivity index (χ2n) is 6.79. The van der Waals surface area contributed by atoms with Crippen LogP contribution in [0.2, 0.25) is 0 Å². The molecule has 3 heterocycles. The third-order valence-corrected chi connectivity index (χ3v) is 5.25. The molecule has 0 aliphatic carbocycles. The van der Waals surface area contributed by atoms with E-state index in [-0.39, 0.29) is 5.91 Å². The summed E-state index contributed by atoms with van der Waals surface area (Å²) in [5.74, 6) is 0.464. The van der Waals surface area contributed by atoms with Crippen molar-refractivity contribution in [1.29, 1.82) is 0 Å². The Kier molecular flexibility index (Phi) is 4.97. The van der Waals surface area contributed by atoms with Crippen molar-refractivity contribution in [2.45, 2.75) is 0 Å². The van der Waals surface area contributed by atoms with E-state index in [4.69, 9.17) is 5.10 Å². The number of nitrogens with zero attached hydrogens (tertiary/aromatic N) is 5. The molecule has 31 heavy (non-hydrogen) atoms. The van der Waals surface area contributed by atoms with Crippen molar-refractivity contribution in [3.63, 3.8) is 0 Å². The first-order valence-electron chi connectivity index (χ1n) is 9.47. The molecule has 1 amide bonds. The van der Waals surface area contributed by atoms with Crippen molar-refractivity contribution >= 4 is 33.2 Å². The van der Waals surface area contributed by atoms with Crippen molar-refractivity contribution in [2.75, 3.05) is 5.32 Å². The Labute approximate surface area is 185 Å². The van der Waals surface area contributed by atoms with Crippen molar-refractivity contribution in [2.24, 2.45) is 0 Å². The fraction of sp³-hybridized carbons (Fsp3) is 0. The van der Waals surface area contributed by atoms with E-state index >= 15 is 0 Å². The van der Waals surface area contributed by atoms with E-state index in [0.29, 0.717) is 22.7 Å². The van der Waals surface area contributed by atoms with Crippen LogP contribution in [-0.2, 0) is 0 Å². The molecule has 0 spiro atoms. The number of nitrogens with one attached hydrogen (secondary N) is 1. The molecule has 0 saturated carbocycles. The number of carbonyl (C=O) groups excluding carboxylic acids is 1. The zero-order chi connectivity index (χ0) is 21.2. The van der Waals surface area contributed by atoms with Gasteiger partial charge in [0.05, 0.1) is 5.69 Å². The summed E-state index contributed by atoms with van der Waals surface area (Å²) in [6.07, 6.45) is 3.41. The number of fused-ring (bicyclic) bond motifs is 1. The molecule has 0 aliphatic rings. The Morgan fingerprint density at radius 2 is 1.68 bits per heavy atom. The standard InChI is InChI=1S/C23H15BrN6O/c24-18-6-4-16(5-7-18)23(31)26-19-3-1-2-17(14-19)20-8-9-21-27-28-22(30(21)29-20)15-10-12-25-13-11-15/h1-14H,(H,26,31). The van der Waals surface area contributed by atoms with Gasteiger partial charge >= 0.3 is 0 Å². The molecule has 0 fully saturated rings. The van der Waals surface area contributed by atoms with E-state index in [2.05, 4.69) is 36.4 Å². The van der Waals surface area contributed by atoms with E-state index in [0.717, 1.165) is 21.3 Å². The lowest BCUT2D eigenvalue weighted by Crippen LogP contribution is -2.11. The van der Waals surface area contributed by atoms with Crippen LogP contribution in [0.3, 0.4) is 0 Å². The van der Waals surface area contributed by atoms with Crippen LogP contribution in [0.25, 0.3) is 28.3 Å². The van der Waals surface area contributed by atoms with Gasteiger partial charge in [-0.05, 0) is 60.7 Å². The SMILES string of the molecule is O=C(Nc1cccc(-c2ccc3nnc(-c4ccncc4)n3n2)c1)c1ccc(Br)cc1. The third-order valence-electron chi connectivity index (χ3n) is 4.72. The molecule has 150 valence electrons. The minimum atomic E-state index is -0.174. The van der Waals surface area contributed by atoms with Gasteiger partial charge in [-0.3, -0.25) is 9.78 Å². The van der Waals surface area contributed by atoms with Gasteiger partial charge in [-0.15, -0.1) is 10.2 Å². The number of amides is 1. The van der Waals surface area contributed by atoms with Crippen LogP contribution in [0.5, 0.6) is 0 Å². The van der Waals surface area contributed by atoms with Crippen molar-refractivity contribution in [1.82, 2.24) is 24.8 Å². The van der Waals surface area contributed by atoms with Crippen LogP contribution in [0.15, 0.2) is 89.7 Å². The molecule has 0 radical (unpaired) electrons. The van der Waals surface area contributed by atoms with Crippen molar-refractivity contribution in [3.8, 4) is 22.6 Å². The van der Waals surface area contributed by atoms with E-state index in [1.165, 1.54) is 0 Å². The molecule has 2 aromatic carbocycles. The maximum Gasteiger partial charge on any atom is 0.255 e. The Hall–Kier alpha value is -3.91. The van der Waals surface area contributed by atoms with Crippen LogP contribution in [0.4, 0.5) is 5.69 Å². The molecule has 0 saturated heterocycles. The van der Waals surface area contributed by atoms with E-state index in [1.54, 1.807) is 29.0 Å². The first-order valence-corrected chi connectivity index (χ1v) is 10.3. The molecule has 5 rings (SSSR count). The Morgan fingerprint density at radius 1 is 0.871 bits per heavy atom. The minimum absolute atomic E-state index is 0.174. The lowest BCUT2D eigenvalue weighted by molar-refractivity contribution is 0.102. The quantitative estimate of drug-likeness (QED) is 0.405. The highest BCUT2D eigenvalue weighted by Crippen LogP contribution is 2.23. The van der Waals surface area contributed by atoms with Crippen LogP contribution in [0.1, 0.15) is 10.4 Å². The molecule has 7 nitrogen and oxygen atoms in total. The lowest BCUT2D eigenvalue weighted by Gasteiger charge is -2.08. The molecule has 0 atom stereocenters. The lowest BCUT2D eigenvalue weighted by atomic mass is 10.1. The first-order chi connectivity index (χ1) is 15.2. The predicted molar refractivity (Wildman–Crippen MR) is 122 cm³/mol. The second-order valence-corrected chi connectivity index (χ2v) is 7.71. The fourth-order valence-electron chi connectivity index (χ4n) is 3.18. The normalized spacial score (nSPS) is 10.9. The van der Waals surface area contributed by atoms with Gasteiger partial charge in [0, 0.05) is 39.2 Å². The van der Waals surface area contributed by atoms with Gasteiger partial charge in [-0.25, -0.2) is 0 Å². The molecule has 0 aliphatic heterocycles. The Morgan fingerprint density at radius 3 is 2.48 bits per heavy atom. The summed E-state index contributed by atoms with van der Waals surface area (Å²) in [7, 11) is 0.